The van der Waals surface area contributed by atoms with E-state index in [1.807, 2.05) is 0 Å². The molecule has 0 spiro atoms. The molecule has 0 unspecified atom stereocenters. The molecule has 0 bridgehead atoms. The summed E-state index contributed by atoms with van der Waals surface area (Å²) >= 11 is 4.40. The first kappa shape index (κ1) is 12.3. The van der Waals surface area contributed by atoms with Crippen molar-refractivity contribution in [2.75, 3.05) is 10.5 Å². The van der Waals surface area contributed by atoms with Gasteiger partial charge in [-0.3, -0.25) is 4.72 Å². The second-order valence-corrected chi connectivity index (χ2v) is 6.56. The van der Waals surface area contributed by atoms with Gasteiger partial charge < -0.3 is 5.73 Å². The molecule has 2 aromatic rings. The minimum absolute atomic E-state index is 0.133. The van der Waals surface area contributed by atoms with Crippen LogP contribution in [0.25, 0.3) is 0 Å². The molecule has 1 aromatic heterocycles. The van der Waals surface area contributed by atoms with Crippen LogP contribution in [0.1, 0.15) is 0 Å². The number of thiazole rings is 1. The normalized spacial score (nSPS) is 11.4. The number of nitrogen functional groups attached to an aromatic ring is 1. The Kier molecular flexibility index (Phi) is 3.36. The summed E-state index contributed by atoms with van der Waals surface area (Å²) < 4.78 is 26.8. The summed E-state index contributed by atoms with van der Waals surface area (Å²) in [5, 5.41) is 2.02. The van der Waals surface area contributed by atoms with Crippen molar-refractivity contribution in [2.24, 2.45) is 0 Å². The van der Waals surface area contributed by atoms with Crippen molar-refractivity contribution >= 4 is 48.1 Å². The molecule has 3 N–H and O–H groups in total. The zero-order chi connectivity index (χ0) is 12.5. The molecular formula is C9H8BrN3O2S2. The molecule has 2 rings (SSSR count). The summed E-state index contributed by atoms with van der Waals surface area (Å²) in [6, 6.07) is 4.42. The number of hydrogen-bond donors (Lipinski definition) is 2. The summed E-state index contributed by atoms with van der Waals surface area (Å²) in [6.45, 7) is 0. The number of anilines is 2. The third-order valence-corrected chi connectivity index (χ3v) is 4.78. The monoisotopic (exact) mass is 333 g/mol. The van der Waals surface area contributed by atoms with E-state index in [1.54, 1.807) is 5.38 Å². The minimum atomic E-state index is -3.61. The highest BCUT2D eigenvalue weighted by molar-refractivity contribution is 9.10. The molecular weight excluding hydrogens is 326 g/mol. The van der Waals surface area contributed by atoms with Gasteiger partial charge in [-0.2, -0.15) is 0 Å². The first-order valence-electron chi connectivity index (χ1n) is 4.46. The fourth-order valence-electron chi connectivity index (χ4n) is 1.12. The molecule has 17 heavy (non-hydrogen) atoms. The van der Waals surface area contributed by atoms with E-state index in [1.165, 1.54) is 35.7 Å². The highest BCUT2D eigenvalue weighted by atomic mass is 79.9. The van der Waals surface area contributed by atoms with Crippen molar-refractivity contribution in [3.8, 4) is 0 Å². The van der Waals surface area contributed by atoms with Gasteiger partial charge in [-0.05, 0) is 34.1 Å². The molecule has 0 aliphatic heterocycles. The third kappa shape index (κ3) is 2.76. The second kappa shape index (κ2) is 4.63. The van der Waals surface area contributed by atoms with Crippen LogP contribution in [0.2, 0.25) is 0 Å². The molecule has 90 valence electrons. The van der Waals surface area contributed by atoms with Crippen molar-refractivity contribution in [2.45, 2.75) is 4.90 Å². The fourth-order valence-corrected chi connectivity index (χ4v) is 3.47. The summed E-state index contributed by atoms with van der Waals surface area (Å²) in [6.07, 6.45) is 1.53. The Bertz CT molecular complexity index is 626. The van der Waals surface area contributed by atoms with Crippen LogP contribution in [-0.4, -0.2) is 13.4 Å². The maximum atomic E-state index is 12.0. The number of nitrogens with two attached hydrogens (primary N) is 1. The van der Waals surface area contributed by atoms with Gasteiger partial charge in [-0.1, -0.05) is 0 Å². The molecule has 0 aliphatic carbocycles. The topological polar surface area (TPSA) is 85.1 Å². The molecule has 1 heterocycles. The maximum Gasteiger partial charge on any atom is 0.263 e. The molecule has 8 heteroatoms. The van der Waals surface area contributed by atoms with E-state index in [4.69, 9.17) is 5.73 Å². The van der Waals surface area contributed by atoms with Gasteiger partial charge >= 0.3 is 0 Å². The van der Waals surface area contributed by atoms with E-state index in [0.29, 0.717) is 15.3 Å². The fraction of sp³-hybridized carbons (Fsp3) is 0. The van der Waals surface area contributed by atoms with E-state index in [2.05, 4.69) is 25.6 Å². The van der Waals surface area contributed by atoms with Crippen LogP contribution >= 0.6 is 27.3 Å². The van der Waals surface area contributed by atoms with Crippen LogP contribution in [0.4, 0.5) is 10.8 Å². The Hall–Kier alpha value is -1.12. The molecule has 0 radical (unpaired) electrons. The number of nitrogens with one attached hydrogen (secondary N) is 1. The van der Waals surface area contributed by atoms with Crippen LogP contribution < -0.4 is 10.5 Å². The minimum Gasteiger partial charge on any atom is -0.398 e. The van der Waals surface area contributed by atoms with Crippen LogP contribution in [0.3, 0.4) is 0 Å². The number of hydrogen-bond acceptors (Lipinski definition) is 5. The van der Waals surface area contributed by atoms with Crippen molar-refractivity contribution in [1.82, 2.24) is 4.98 Å². The van der Waals surface area contributed by atoms with Gasteiger partial charge in [0.25, 0.3) is 10.0 Å². The average Bonchev–Trinajstić information content (AvgIpc) is 2.73. The highest BCUT2D eigenvalue weighted by Crippen LogP contribution is 2.24. The lowest BCUT2D eigenvalue weighted by Crippen LogP contribution is -2.12. The summed E-state index contributed by atoms with van der Waals surface area (Å²) in [5.41, 5.74) is 6.08. The lowest BCUT2D eigenvalue weighted by atomic mass is 10.3. The summed E-state index contributed by atoms with van der Waals surface area (Å²) in [4.78, 5) is 3.99. The second-order valence-electron chi connectivity index (χ2n) is 3.13. The standard InChI is InChI=1S/C9H8BrN3O2S2/c10-7-5-6(1-2-8(7)11)17(14,15)13-9-12-3-4-16-9/h1-5H,11H2,(H,12,13). The van der Waals surface area contributed by atoms with Crippen LogP contribution in [0.15, 0.2) is 39.1 Å². The van der Waals surface area contributed by atoms with E-state index in [0.717, 1.165) is 0 Å². The zero-order valence-electron chi connectivity index (χ0n) is 8.42. The predicted molar refractivity (Wildman–Crippen MR) is 71.5 cm³/mol. The summed E-state index contributed by atoms with van der Waals surface area (Å²) in [5.74, 6) is 0. The molecule has 1 aromatic carbocycles. The third-order valence-electron chi connectivity index (χ3n) is 1.94. The number of aromatic nitrogens is 1. The Morgan fingerprint density at radius 1 is 1.41 bits per heavy atom. The molecule has 0 amide bonds. The van der Waals surface area contributed by atoms with Crippen molar-refractivity contribution < 1.29 is 8.42 Å². The Labute approximate surface area is 111 Å². The van der Waals surface area contributed by atoms with E-state index >= 15 is 0 Å². The van der Waals surface area contributed by atoms with Crippen LogP contribution in [0, 0.1) is 0 Å². The maximum absolute atomic E-state index is 12.0. The van der Waals surface area contributed by atoms with Gasteiger partial charge in [0, 0.05) is 21.7 Å². The first-order valence-corrected chi connectivity index (χ1v) is 7.62. The SMILES string of the molecule is Nc1ccc(S(=O)(=O)Nc2nccs2)cc1Br. The van der Waals surface area contributed by atoms with E-state index < -0.39 is 10.0 Å². The number of nitrogens with zero attached hydrogens (tertiary/aromatic N) is 1. The van der Waals surface area contributed by atoms with Crippen molar-refractivity contribution in [3.63, 3.8) is 0 Å². The smallest absolute Gasteiger partial charge is 0.263 e. The zero-order valence-corrected chi connectivity index (χ0v) is 11.6. The van der Waals surface area contributed by atoms with E-state index in [-0.39, 0.29) is 4.90 Å². The molecule has 0 saturated carbocycles. The van der Waals surface area contributed by atoms with Gasteiger partial charge in [0.15, 0.2) is 5.13 Å². The molecule has 0 atom stereocenters. The number of halogens is 1. The largest absolute Gasteiger partial charge is 0.398 e. The quantitative estimate of drug-likeness (QED) is 0.844. The van der Waals surface area contributed by atoms with Gasteiger partial charge in [-0.25, -0.2) is 13.4 Å². The van der Waals surface area contributed by atoms with Crippen molar-refractivity contribution in [3.05, 3.63) is 34.2 Å². The number of sulfonamides is 1. The van der Waals surface area contributed by atoms with Crippen LogP contribution in [-0.2, 0) is 10.0 Å². The molecule has 0 aliphatic rings. The van der Waals surface area contributed by atoms with Crippen molar-refractivity contribution in [1.29, 1.82) is 0 Å². The van der Waals surface area contributed by atoms with Gasteiger partial charge in [0.2, 0.25) is 0 Å². The predicted octanol–water partition coefficient (Wildman–Crippen LogP) is 2.29. The first-order chi connectivity index (χ1) is 7.99. The van der Waals surface area contributed by atoms with Gasteiger partial charge in [0.1, 0.15) is 0 Å². The molecule has 0 saturated heterocycles. The van der Waals surface area contributed by atoms with Gasteiger partial charge in [0.05, 0.1) is 4.90 Å². The van der Waals surface area contributed by atoms with Gasteiger partial charge in [-0.15, -0.1) is 11.3 Å². The van der Waals surface area contributed by atoms with Crippen LogP contribution in [0.5, 0.6) is 0 Å². The lowest BCUT2D eigenvalue weighted by molar-refractivity contribution is 0.601. The Morgan fingerprint density at radius 2 is 2.18 bits per heavy atom. The number of benzene rings is 1. The Balaban J connectivity index is 2.35. The number of rotatable bonds is 3. The average molecular weight is 334 g/mol. The molecule has 5 nitrogen and oxygen atoms in total. The van der Waals surface area contributed by atoms with E-state index in [9.17, 15) is 8.42 Å². The lowest BCUT2D eigenvalue weighted by Gasteiger charge is -2.06. The molecule has 0 fully saturated rings. The highest BCUT2D eigenvalue weighted by Gasteiger charge is 2.16. The summed E-state index contributed by atoms with van der Waals surface area (Å²) in [7, 11) is -3.61. The Morgan fingerprint density at radius 3 is 2.76 bits per heavy atom.